The number of imidazole rings is 1. The van der Waals surface area contributed by atoms with E-state index in [4.69, 9.17) is 10.5 Å². The number of nitrogens with two attached hydrogens (primary N) is 1. The number of ether oxygens (including phenoxy) is 1. The SMILES string of the molecule is NCc1ccc2nc(CNC(=O)c3cccc4c3cnn4C3CCCCO3)cn2c1. The van der Waals surface area contributed by atoms with E-state index in [0.29, 0.717) is 18.7 Å². The molecule has 4 aromatic rings. The van der Waals surface area contributed by atoms with Gasteiger partial charge in [-0.1, -0.05) is 12.1 Å². The maximum atomic E-state index is 12.9. The number of carbonyl (C=O) groups excluding carboxylic acids is 1. The Morgan fingerprint density at radius 3 is 3.00 bits per heavy atom. The minimum Gasteiger partial charge on any atom is -0.356 e. The lowest BCUT2D eigenvalue weighted by Crippen LogP contribution is -2.23. The molecule has 3 N–H and O–H groups in total. The summed E-state index contributed by atoms with van der Waals surface area (Å²) in [5.74, 6) is -0.149. The topological polar surface area (TPSA) is 99.5 Å². The van der Waals surface area contributed by atoms with E-state index in [0.717, 1.165) is 53.7 Å². The van der Waals surface area contributed by atoms with Gasteiger partial charge in [0.15, 0.2) is 6.23 Å². The molecule has 30 heavy (non-hydrogen) atoms. The number of pyridine rings is 1. The molecule has 1 unspecified atom stereocenters. The van der Waals surface area contributed by atoms with Gasteiger partial charge in [-0.15, -0.1) is 0 Å². The highest BCUT2D eigenvalue weighted by Gasteiger charge is 2.20. The molecule has 1 amide bonds. The Bertz CT molecular complexity index is 1210. The highest BCUT2D eigenvalue weighted by Crippen LogP contribution is 2.27. The maximum absolute atomic E-state index is 12.9. The van der Waals surface area contributed by atoms with Gasteiger partial charge >= 0.3 is 0 Å². The number of amides is 1. The van der Waals surface area contributed by atoms with Gasteiger partial charge in [-0.05, 0) is 43.0 Å². The van der Waals surface area contributed by atoms with Crippen LogP contribution in [0.25, 0.3) is 16.6 Å². The standard InChI is InChI=1S/C22H24N6O2/c23-10-15-7-8-20-26-16(14-27(20)13-15)11-24-22(29)17-4-3-5-19-18(17)12-25-28(19)21-6-1-2-9-30-21/h3-5,7-8,12-14,21H,1-2,6,9-11,23H2,(H,24,29). The lowest BCUT2D eigenvalue weighted by molar-refractivity contribution is -0.0366. The van der Waals surface area contributed by atoms with Crippen molar-refractivity contribution < 1.29 is 9.53 Å². The molecule has 0 radical (unpaired) electrons. The van der Waals surface area contributed by atoms with Crippen molar-refractivity contribution in [2.24, 2.45) is 5.73 Å². The Morgan fingerprint density at radius 2 is 2.17 bits per heavy atom. The number of fused-ring (bicyclic) bond motifs is 2. The van der Waals surface area contributed by atoms with Gasteiger partial charge in [-0.3, -0.25) is 4.79 Å². The molecule has 4 heterocycles. The Kier molecular flexibility index (Phi) is 4.94. The number of nitrogens with one attached hydrogen (secondary N) is 1. The van der Waals surface area contributed by atoms with E-state index in [2.05, 4.69) is 15.4 Å². The molecule has 0 aliphatic carbocycles. The number of hydrogen-bond acceptors (Lipinski definition) is 5. The Hall–Kier alpha value is -3.23. The monoisotopic (exact) mass is 404 g/mol. The third-order valence-corrected chi connectivity index (χ3v) is 5.54. The average molecular weight is 404 g/mol. The first-order chi connectivity index (χ1) is 14.7. The first kappa shape index (κ1) is 18.8. The average Bonchev–Trinajstić information content (AvgIpc) is 3.41. The first-order valence-electron chi connectivity index (χ1n) is 10.3. The van der Waals surface area contributed by atoms with Crippen LogP contribution < -0.4 is 11.1 Å². The molecule has 8 nitrogen and oxygen atoms in total. The van der Waals surface area contributed by atoms with Crippen LogP contribution in [-0.4, -0.2) is 31.7 Å². The molecular weight excluding hydrogens is 380 g/mol. The summed E-state index contributed by atoms with van der Waals surface area (Å²) in [6.07, 6.45) is 8.70. The molecule has 1 aliphatic heterocycles. The first-order valence-corrected chi connectivity index (χ1v) is 10.3. The zero-order valence-corrected chi connectivity index (χ0v) is 16.6. The van der Waals surface area contributed by atoms with E-state index in [9.17, 15) is 4.79 Å². The highest BCUT2D eigenvalue weighted by atomic mass is 16.5. The van der Waals surface area contributed by atoms with Gasteiger partial charge in [0, 0.05) is 30.9 Å². The fraction of sp³-hybridized carbons (Fsp3) is 0.318. The van der Waals surface area contributed by atoms with Crippen molar-refractivity contribution in [1.82, 2.24) is 24.5 Å². The predicted octanol–water partition coefficient (Wildman–Crippen LogP) is 2.77. The Labute approximate surface area is 173 Å². The van der Waals surface area contributed by atoms with Crippen molar-refractivity contribution >= 4 is 22.5 Å². The van der Waals surface area contributed by atoms with E-state index in [-0.39, 0.29) is 12.1 Å². The predicted molar refractivity (Wildman–Crippen MR) is 113 cm³/mol. The zero-order valence-electron chi connectivity index (χ0n) is 16.6. The highest BCUT2D eigenvalue weighted by molar-refractivity contribution is 6.06. The second-order valence-electron chi connectivity index (χ2n) is 7.57. The van der Waals surface area contributed by atoms with Crippen LogP contribution in [0.1, 0.15) is 47.1 Å². The number of rotatable bonds is 5. The summed E-state index contributed by atoms with van der Waals surface area (Å²) < 4.78 is 9.68. The van der Waals surface area contributed by atoms with Crippen molar-refractivity contribution in [3.63, 3.8) is 0 Å². The van der Waals surface area contributed by atoms with Gasteiger partial charge in [0.1, 0.15) is 5.65 Å². The van der Waals surface area contributed by atoms with Crippen LogP contribution in [0.3, 0.4) is 0 Å². The van der Waals surface area contributed by atoms with Gasteiger partial charge < -0.3 is 20.2 Å². The molecule has 8 heteroatoms. The summed E-state index contributed by atoms with van der Waals surface area (Å²) in [4.78, 5) is 17.5. The molecule has 1 fully saturated rings. The summed E-state index contributed by atoms with van der Waals surface area (Å²) in [6, 6.07) is 9.57. The van der Waals surface area contributed by atoms with Crippen molar-refractivity contribution in [3.05, 3.63) is 65.7 Å². The Balaban J connectivity index is 1.35. The van der Waals surface area contributed by atoms with Crippen LogP contribution >= 0.6 is 0 Å². The summed E-state index contributed by atoms with van der Waals surface area (Å²) >= 11 is 0. The quantitative estimate of drug-likeness (QED) is 0.533. The summed E-state index contributed by atoms with van der Waals surface area (Å²) in [7, 11) is 0. The van der Waals surface area contributed by atoms with Gasteiger partial charge in [0.05, 0.1) is 29.5 Å². The minimum absolute atomic E-state index is 0.0639. The second kappa shape index (κ2) is 7.89. The third kappa shape index (κ3) is 3.44. The Morgan fingerprint density at radius 1 is 1.23 bits per heavy atom. The lowest BCUT2D eigenvalue weighted by atomic mass is 10.1. The number of aromatic nitrogens is 4. The second-order valence-corrected chi connectivity index (χ2v) is 7.57. The molecule has 0 saturated carbocycles. The van der Waals surface area contributed by atoms with Crippen LogP contribution in [-0.2, 0) is 17.8 Å². The van der Waals surface area contributed by atoms with Crippen molar-refractivity contribution in [3.8, 4) is 0 Å². The van der Waals surface area contributed by atoms with Gasteiger partial charge in [0.25, 0.3) is 5.91 Å². The van der Waals surface area contributed by atoms with Crippen LogP contribution in [0.4, 0.5) is 0 Å². The van der Waals surface area contributed by atoms with E-state index in [1.54, 1.807) is 6.20 Å². The van der Waals surface area contributed by atoms with Crippen LogP contribution in [0.5, 0.6) is 0 Å². The normalized spacial score (nSPS) is 16.9. The van der Waals surface area contributed by atoms with Crippen LogP contribution in [0.15, 0.2) is 48.9 Å². The van der Waals surface area contributed by atoms with Crippen molar-refractivity contribution in [1.29, 1.82) is 0 Å². The van der Waals surface area contributed by atoms with Gasteiger partial charge in [-0.2, -0.15) is 5.10 Å². The lowest BCUT2D eigenvalue weighted by Gasteiger charge is -2.23. The van der Waals surface area contributed by atoms with Crippen molar-refractivity contribution in [2.45, 2.75) is 38.6 Å². The summed E-state index contributed by atoms with van der Waals surface area (Å²) in [5, 5.41) is 8.31. The van der Waals surface area contributed by atoms with E-state index in [1.165, 1.54) is 0 Å². The minimum atomic E-state index is -0.149. The van der Waals surface area contributed by atoms with E-state index in [1.807, 2.05) is 51.8 Å². The summed E-state index contributed by atoms with van der Waals surface area (Å²) in [5.41, 5.74) is 9.86. The fourth-order valence-electron chi connectivity index (χ4n) is 3.98. The van der Waals surface area contributed by atoms with Crippen molar-refractivity contribution in [2.75, 3.05) is 6.61 Å². The van der Waals surface area contributed by atoms with Crippen LogP contribution in [0.2, 0.25) is 0 Å². The number of hydrogen-bond donors (Lipinski definition) is 2. The van der Waals surface area contributed by atoms with Crippen LogP contribution in [0, 0.1) is 0 Å². The molecule has 1 saturated heterocycles. The van der Waals surface area contributed by atoms with Gasteiger partial charge in [0.2, 0.25) is 0 Å². The molecule has 154 valence electrons. The zero-order chi connectivity index (χ0) is 20.5. The number of carbonyl (C=O) groups is 1. The molecular formula is C22H24N6O2. The third-order valence-electron chi connectivity index (χ3n) is 5.54. The largest absolute Gasteiger partial charge is 0.356 e. The molecule has 1 aliphatic rings. The maximum Gasteiger partial charge on any atom is 0.252 e. The molecule has 0 bridgehead atoms. The molecule has 3 aromatic heterocycles. The molecule has 0 spiro atoms. The fourth-order valence-corrected chi connectivity index (χ4v) is 3.98. The molecule has 5 rings (SSSR count). The van der Waals surface area contributed by atoms with E-state index < -0.39 is 0 Å². The number of nitrogens with zero attached hydrogens (tertiary/aromatic N) is 4. The molecule has 1 aromatic carbocycles. The van der Waals surface area contributed by atoms with Gasteiger partial charge in [-0.25, -0.2) is 9.67 Å². The smallest absolute Gasteiger partial charge is 0.252 e. The number of benzene rings is 1. The molecule has 1 atom stereocenters. The summed E-state index contributed by atoms with van der Waals surface area (Å²) in [6.45, 7) is 1.57. The van der Waals surface area contributed by atoms with E-state index >= 15 is 0 Å².